The van der Waals surface area contributed by atoms with E-state index < -0.39 is 42.2 Å². The number of ether oxygens (including phenoxy) is 5. The van der Waals surface area contributed by atoms with Gasteiger partial charge in [-0.25, -0.2) is 9.59 Å². The Morgan fingerprint density at radius 3 is 2.05 bits per heavy atom. The van der Waals surface area contributed by atoms with E-state index in [0.717, 1.165) is 34.1 Å². The SMILES string of the molecule is COC(=O)C1=C[C@@H](OC(C)=O)[C@@H](OC(C)=O)[C@@H](C(=O)OC)O1. The van der Waals surface area contributed by atoms with Gasteiger partial charge in [-0.3, -0.25) is 9.59 Å². The van der Waals surface area contributed by atoms with Gasteiger partial charge in [-0.15, -0.1) is 0 Å². The summed E-state index contributed by atoms with van der Waals surface area (Å²) in [5.74, 6) is -3.57. The summed E-state index contributed by atoms with van der Waals surface area (Å²) in [5, 5.41) is 0. The highest BCUT2D eigenvalue weighted by atomic mass is 16.6. The van der Waals surface area contributed by atoms with E-state index in [4.69, 9.17) is 14.2 Å². The van der Waals surface area contributed by atoms with Crippen molar-refractivity contribution in [3.8, 4) is 0 Å². The summed E-state index contributed by atoms with van der Waals surface area (Å²) in [6, 6.07) is 0. The van der Waals surface area contributed by atoms with Crippen LogP contribution < -0.4 is 0 Å². The van der Waals surface area contributed by atoms with Crippen LogP contribution in [0.25, 0.3) is 0 Å². The Bertz CT molecular complexity index is 508. The molecule has 1 aliphatic heterocycles. The van der Waals surface area contributed by atoms with Crippen molar-refractivity contribution in [2.75, 3.05) is 14.2 Å². The van der Waals surface area contributed by atoms with Crippen LogP contribution in [0.3, 0.4) is 0 Å². The third-order valence-corrected chi connectivity index (χ3v) is 2.62. The van der Waals surface area contributed by atoms with Crippen LogP contribution in [0.2, 0.25) is 0 Å². The van der Waals surface area contributed by atoms with Gasteiger partial charge in [-0.1, -0.05) is 0 Å². The van der Waals surface area contributed by atoms with Crippen LogP contribution in [-0.4, -0.2) is 56.4 Å². The van der Waals surface area contributed by atoms with Crippen molar-refractivity contribution < 1.29 is 42.9 Å². The average molecular weight is 316 g/mol. The summed E-state index contributed by atoms with van der Waals surface area (Å²) in [6.45, 7) is 2.23. The van der Waals surface area contributed by atoms with E-state index in [1.54, 1.807) is 0 Å². The first-order valence-electron chi connectivity index (χ1n) is 6.19. The van der Waals surface area contributed by atoms with Crippen molar-refractivity contribution in [3.63, 3.8) is 0 Å². The average Bonchev–Trinajstić information content (AvgIpc) is 2.46. The summed E-state index contributed by atoms with van der Waals surface area (Å²) in [4.78, 5) is 45.7. The lowest BCUT2D eigenvalue weighted by Gasteiger charge is -2.33. The van der Waals surface area contributed by atoms with E-state index in [1.165, 1.54) is 0 Å². The number of carbonyl (C=O) groups excluding carboxylic acids is 4. The highest BCUT2D eigenvalue weighted by Gasteiger charge is 2.46. The Morgan fingerprint density at radius 2 is 1.59 bits per heavy atom. The van der Waals surface area contributed by atoms with Crippen molar-refractivity contribution in [3.05, 3.63) is 11.8 Å². The summed E-state index contributed by atoms with van der Waals surface area (Å²) < 4.78 is 24.1. The van der Waals surface area contributed by atoms with Crippen molar-refractivity contribution in [2.24, 2.45) is 0 Å². The lowest BCUT2D eigenvalue weighted by atomic mass is 10.0. The van der Waals surface area contributed by atoms with Gasteiger partial charge in [0, 0.05) is 19.9 Å². The lowest BCUT2D eigenvalue weighted by Crippen LogP contribution is -2.51. The normalized spacial score (nSPS) is 23.5. The second-order valence-corrected chi connectivity index (χ2v) is 4.23. The van der Waals surface area contributed by atoms with Crippen LogP contribution in [0, 0.1) is 0 Å². The third-order valence-electron chi connectivity index (χ3n) is 2.62. The summed E-state index contributed by atoms with van der Waals surface area (Å²) in [6.07, 6.45) is -2.87. The molecule has 0 aromatic carbocycles. The predicted octanol–water partition coefficient (Wildman–Crippen LogP) is -0.521. The Labute approximate surface area is 126 Å². The Hall–Kier alpha value is -2.58. The molecule has 0 aliphatic carbocycles. The number of hydrogen-bond acceptors (Lipinski definition) is 9. The molecule has 9 nitrogen and oxygen atoms in total. The van der Waals surface area contributed by atoms with E-state index in [-0.39, 0.29) is 5.76 Å². The van der Waals surface area contributed by atoms with Gasteiger partial charge in [0.1, 0.15) is 0 Å². The minimum Gasteiger partial charge on any atom is -0.467 e. The van der Waals surface area contributed by atoms with Gasteiger partial charge in [0.2, 0.25) is 11.9 Å². The molecule has 3 atom stereocenters. The standard InChI is InChI=1S/C13H16O9/c1-6(14)20-8-5-9(12(16)18-3)22-11(13(17)19-4)10(8)21-7(2)15/h5,8,10-11H,1-4H3/t8-,10-,11+/m1/s1. The van der Waals surface area contributed by atoms with Gasteiger partial charge in [-0.2, -0.15) is 0 Å². The molecule has 0 bridgehead atoms. The maximum Gasteiger partial charge on any atom is 0.373 e. The minimum absolute atomic E-state index is 0.354. The van der Waals surface area contributed by atoms with E-state index in [1.807, 2.05) is 0 Å². The molecular weight excluding hydrogens is 300 g/mol. The van der Waals surface area contributed by atoms with Crippen LogP contribution in [0.1, 0.15) is 13.8 Å². The number of hydrogen-bond donors (Lipinski definition) is 0. The maximum absolute atomic E-state index is 11.8. The second kappa shape index (κ2) is 7.43. The molecule has 0 aromatic rings. The topological polar surface area (TPSA) is 114 Å². The van der Waals surface area contributed by atoms with Crippen LogP contribution >= 0.6 is 0 Å². The largest absolute Gasteiger partial charge is 0.467 e. The molecule has 0 aromatic heterocycles. The van der Waals surface area contributed by atoms with Gasteiger partial charge in [0.15, 0.2) is 12.2 Å². The molecule has 0 unspecified atom stereocenters. The van der Waals surface area contributed by atoms with Crippen molar-refractivity contribution >= 4 is 23.9 Å². The van der Waals surface area contributed by atoms with Crippen LogP contribution in [0.4, 0.5) is 0 Å². The molecule has 0 saturated heterocycles. The molecule has 0 fully saturated rings. The molecule has 22 heavy (non-hydrogen) atoms. The van der Waals surface area contributed by atoms with Crippen LogP contribution in [0.15, 0.2) is 11.8 Å². The zero-order chi connectivity index (χ0) is 16.9. The molecule has 9 heteroatoms. The smallest absolute Gasteiger partial charge is 0.373 e. The third kappa shape index (κ3) is 4.21. The quantitative estimate of drug-likeness (QED) is 0.499. The molecular formula is C13H16O9. The molecule has 122 valence electrons. The molecule has 1 rings (SSSR count). The van der Waals surface area contributed by atoms with E-state index >= 15 is 0 Å². The van der Waals surface area contributed by atoms with Crippen LogP contribution in [-0.2, 0) is 42.9 Å². The second-order valence-electron chi connectivity index (χ2n) is 4.23. The van der Waals surface area contributed by atoms with Gasteiger partial charge in [-0.05, 0) is 0 Å². The number of esters is 4. The molecule has 0 amide bonds. The van der Waals surface area contributed by atoms with Gasteiger partial charge >= 0.3 is 23.9 Å². The first-order chi connectivity index (χ1) is 10.3. The number of carbonyl (C=O) groups is 4. The fourth-order valence-corrected chi connectivity index (χ4v) is 1.79. The first kappa shape index (κ1) is 17.5. The van der Waals surface area contributed by atoms with Gasteiger partial charge in [0.25, 0.3) is 0 Å². The highest BCUT2D eigenvalue weighted by molar-refractivity contribution is 5.88. The molecule has 1 aliphatic rings. The zero-order valence-corrected chi connectivity index (χ0v) is 12.5. The lowest BCUT2D eigenvalue weighted by molar-refractivity contribution is -0.187. The Kier molecular flexibility index (Phi) is 5.90. The Balaban J connectivity index is 3.21. The maximum atomic E-state index is 11.8. The number of methoxy groups -OCH3 is 2. The fourth-order valence-electron chi connectivity index (χ4n) is 1.79. The minimum atomic E-state index is -1.47. The van der Waals surface area contributed by atoms with E-state index in [9.17, 15) is 19.2 Å². The predicted molar refractivity (Wildman–Crippen MR) is 68.1 cm³/mol. The highest BCUT2D eigenvalue weighted by Crippen LogP contribution is 2.25. The molecule has 1 heterocycles. The Morgan fingerprint density at radius 1 is 1.00 bits per heavy atom. The van der Waals surface area contributed by atoms with Crippen molar-refractivity contribution in [1.29, 1.82) is 0 Å². The van der Waals surface area contributed by atoms with E-state index in [2.05, 4.69) is 9.47 Å². The zero-order valence-electron chi connectivity index (χ0n) is 12.5. The summed E-state index contributed by atoms with van der Waals surface area (Å²) in [5.41, 5.74) is 0. The summed E-state index contributed by atoms with van der Waals surface area (Å²) >= 11 is 0. The molecule has 0 radical (unpaired) electrons. The van der Waals surface area contributed by atoms with Gasteiger partial charge in [0.05, 0.1) is 14.2 Å². The van der Waals surface area contributed by atoms with Gasteiger partial charge < -0.3 is 23.7 Å². The number of rotatable bonds is 4. The fraction of sp³-hybridized carbons (Fsp3) is 0.538. The van der Waals surface area contributed by atoms with Crippen LogP contribution in [0.5, 0.6) is 0 Å². The monoisotopic (exact) mass is 316 g/mol. The first-order valence-corrected chi connectivity index (χ1v) is 6.19. The molecule has 0 N–H and O–H groups in total. The molecule has 0 saturated carbocycles. The van der Waals surface area contributed by atoms with Crippen molar-refractivity contribution in [1.82, 2.24) is 0 Å². The molecule has 0 spiro atoms. The summed E-state index contributed by atoms with van der Waals surface area (Å²) in [7, 11) is 2.20. The van der Waals surface area contributed by atoms with Crippen molar-refractivity contribution in [2.45, 2.75) is 32.2 Å². The van der Waals surface area contributed by atoms with E-state index in [0.29, 0.717) is 0 Å².